The molecule has 3 aromatic heterocycles. The van der Waals surface area contributed by atoms with E-state index < -0.39 is 0 Å². The number of methoxy groups -OCH3 is 1. The maximum atomic E-state index is 13.4. The number of rotatable bonds is 7. The number of nitrogens with zero attached hydrogens (tertiary/aromatic N) is 4. The summed E-state index contributed by atoms with van der Waals surface area (Å²) in [5, 5.41) is 0.603. The van der Waals surface area contributed by atoms with E-state index in [1.807, 2.05) is 29.8 Å². The van der Waals surface area contributed by atoms with Gasteiger partial charge in [-0.1, -0.05) is 40.6 Å². The number of amides is 1. The van der Waals surface area contributed by atoms with Crippen molar-refractivity contribution in [1.29, 1.82) is 0 Å². The number of hydrogen-bond donors (Lipinski definition) is 0. The zero-order valence-corrected chi connectivity index (χ0v) is 19.4. The van der Waals surface area contributed by atoms with Crippen LogP contribution in [0.4, 0.5) is 5.13 Å². The number of fused-ring (bicyclic) bond motifs is 1. The lowest BCUT2D eigenvalue weighted by atomic mass is 10.2. The fraction of sp³-hybridized carbons (Fsp3) is 0.250. The summed E-state index contributed by atoms with van der Waals surface area (Å²) in [6.45, 7) is 3.22. The van der Waals surface area contributed by atoms with E-state index in [4.69, 9.17) is 32.9 Å². The molecule has 30 heavy (non-hydrogen) atoms. The molecule has 0 aliphatic carbocycles. The van der Waals surface area contributed by atoms with E-state index in [2.05, 4.69) is 4.98 Å². The molecule has 0 fully saturated rings. The van der Waals surface area contributed by atoms with E-state index in [9.17, 15) is 4.79 Å². The Bertz CT molecular complexity index is 1190. The number of benzene rings is 1. The van der Waals surface area contributed by atoms with Gasteiger partial charge >= 0.3 is 0 Å². The third kappa shape index (κ3) is 4.18. The topological polar surface area (TPSA) is 60.2 Å². The van der Waals surface area contributed by atoms with Crippen LogP contribution in [-0.4, -0.2) is 34.1 Å². The summed E-state index contributed by atoms with van der Waals surface area (Å²) < 4.78 is 9.28. The molecule has 1 aromatic carbocycles. The molecule has 0 radical (unpaired) electrons. The molecule has 156 valence electrons. The van der Waals surface area contributed by atoms with Gasteiger partial charge in [-0.2, -0.15) is 0 Å². The van der Waals surface area contributed by atoms with Gasteiger partial charge in [0.1, 0.15) is 15.6 Å². The smallest absolute Gasteiger partial charge is 0.262 e. The van der Waals surface area contributed by atoms with Gasteiger partial charge in [0.2, 0.25) is 0 Å². The predicted octanol–water partition coefficient (Wildman–Crippen LogP) is 5.92. The number of carbonyl (C=O) groups is 1. The molecule has 4 aromatic rings. The van der Waals surface area contributed by atoms with Crippen LogP contribution in [0.15, 0.2) is 36.9 Å². The van der Waals surface area contributed by atoms with Gasteiger partial charge < -0.3 is 9.30 Å². The van der Waals surface area contributed by atoms with Crippen LogP contribution in [0.2, 0.25) is 8.67 Å². The van der Waals surface area contributed by atoms with Crippen LogP contribution in [0.3, 0.4) is 0 Å². The SMILES string of the molecule is COc1ccc(C)c2sc(N(CCCn3ccnc3)C(=O)c3cc(Cl)sc3Cl)nc12. The molecular weight excluding hydrogens is 463 g/mol. The zero-order valence-electron chi connectivity index (χ0n) is 16.3. The third-order valence-corrected chi connectivity index (χ3v) is 7.33. The number of halogens is 2. The Balaban J connectivity index is 1.70. The van der Waals surface area contributed by atoms with Crippen molar-refractivity contribution in [3.8, 4) is 5.75 Å². The molecule has 0 N–H and O–H groups in total. The number of hydrogen-bond acceptors (Lipinski definition) is 6. The fourth-order valence-electron chi connectivity index (χ4n) is 3.12. The summed E-state index contributed by atoms with van der Waals surface area (Å²) in [6, 6.07) is 5.49. The van der Waals surface area contributed by atoms with Crippen LogP contribution in [0.5, 0.6) is 5.75 Å². The van der Waals surface area contributed by atoms with Crippen molar-refractivity contribution in [3.63, 3.8) is 0 Å². The molecule has 0 unspecified atom stereocenters. The summed E-state index contributed by atoms with van der Waals surface area (Å²) in [4.78, 5) is 23.9. The van der Waals surface area contributed by atoms with E-state index in [0.717, 1.165) is 28.7 Å². The summed E-state index contributed by atoms with van der Waals surface area (Å²) in [5.41, 5.74) is 2.22. The fourth-order valence-corrected chi connectivity index (χ4v) is 5.65. The van der Waals surface area contributed by atoms with Gasteiger partial charge in [0.05, 0.1) is 28.0 Å². The van der Waals surface area contributed by atoms with Crippen molar-refractivity contribution in [2.45, 2.75) is 19.9 Å². The first-order valence-electron chi connectivity index (χ1n) is 9.14. The molecule has 6 nitrogen and oxygen atoms in total. The molecule has 3 heterocycles. The molecule has 0 aliphatic rings. The summed E-state index contributed by atoms with van der Waals surface area (Å²) >= 11 is 15.0. The first-order chi connectivity index (χ1) is 14.5. The van der Waals surface area contributed by atoms with Gasteiger partial charge in [0.15, 0.2) is 5.13 Å². The first-order valence-corrected chi connectivity index (χ1v) is 11.5. The third-order valence-electron chi connectivity index (χ3n) is 4.63. The Hall–Kier alpha value is -2.13. The Morgan fingerprint density at radius 3 is 2.80 bits per heavy atom. The van der Waals surface area contributed by atoms with Crippen LogP contribution in [0.1, 0.15) is 22.3 Å². The highest BCUT2D eigenvalue weighted by atomic mass is 35.5. The lowest BCUT2D eigenvalue weighted by Crippen LogP contribution is -2.32. The molecular formula is C20H18Cl2N4O2S2. The predicted molar refractivity (Wildman–Crippen MR) is 124 cm³/mol. The Morgan fingerprint density at radius 1 is 1.30 bits per heavy atom. The number of aromatic nitrogens is 3. The molecule has 1 amide bonds. The molecule has 0 spiro atoms. The minimum atomic E-state index is -0.218. The van der Waals surface area contributed by atoms with E-state index >= 15 is 0 Å². The Morgan fingerprint density at radius 2 is 2.13 bits per heavy atom. The highest BCUT2D eigenvalue weighted by Gasteiger charge is 2.25. The van der Waals surface area contributed by atoms with Crippen LogP contribution in [0.25, 0.3) is 10.2 Å². The number of aryl methyl sites for hydroxylation is 2. The largest absolute Gasteiger partial charge is 0.494 e. The minimum absolute atomic E-state index is 0.218. The molecule has 10 heteroatoms. The quantitative estimate of drug-likeness (QED) is 0.329. The number of anilines is 1. The molecule has 0 bridgehead atoms. The van der Waals surface area contributed by atoms with E-state index in [0.29, 0.717) is 31.7 Å². The van der Waals surface area contributed by atoms with E-state index in [-0.39, 0.29) is 5.91 Å². The highest BCUT2D eigenvalue weighted by Crippen LogP contribution is 2.38. The van der Waals surface area contributed by atoms with Gasteiger partial charge in [0.25, 0.3) is 5.91 Å². The number of thiazole rings is 1. The average molecular weight is 481 g/mol. The van der Waals surface area contributed by atoms with Crippen molar-refractivity contribution in [2.24, 2.45) is 0 Å². The normalized spacial score (nSPS) is 11.2. The lowest BCUT2D eigenvalue weighted by Gasteiger charge is -2.19. The molecule has 0 atom stereocenters. The van der Waals surface area contributed by atoms with Crippen molar-refractivity contribution in [3.05, 3.63) is 56.7 Å². The van der Waals surface area contributed by atoms with Crippen molar-refractivity contribution < 1.29 is 9.53 Å². The van der Waals surface area contributed by atoms with Crippen molar-refractivity contribution in [2.75, 3.05) is 18.6 Å². The van der Waals surface area contributed by atoms with Crippen LogP contribution >= 0.6 is 45.9 Å². The average Bonchev–Trinajstić information content (AvgIpc) is 3.45. The monoisotopic (exact) mass is 480 g/mol. The molecule has 0 aliphatic heterocycles. The van der Waals surface area contributed by atoms with Gasteiger partial charge in [-0.15, -0.1) is 11.3 Å². The molecule has 4 rings (SSSR count). The van der Waals surface area contributed by atoms with Crippen molar-refractivity contribution in [1.82, 2.24) is 14.5 Å². The van der Waals surface area contributed by atoms with Crippen LogP contribution in [-0.2, 0) is 6.54 Å². The second-order valence-corrected chi connectivity index (χ2v) is 9.87. The van der Waals surface area contributed by atoms with Gasteiger partial charge in [-0.3, -0.25) is 9.69 Å². The Labute approximate surface area is 191 Å². The van der Waals surface area contributed by atoms with E-state index in [1.165, 1.54) is 22.7 Å². The standard InChI is InChI=1S/C20H18Cl2N4O2S2/c1-12-4-5-14(28-2)16-17(12)30-20(24-16)26(8-3-7-25-9-6-23-11-25)19(27)13-10-15(21)29-18(13)22/h4-6,9-11H,3,7-8H2,1-2H3. The van der Waals surface area contributed by atoms with Crippen LogP contribution in [0, 0.1) is 6.92 Å². The number of thiophene rings is 1. The summed E-state index contributed by atoms with van der Waals surface area (Å²) in [6.07, 6.45) is 6.11. The second-order valence-electron chi connectivity index (χ2n) is 6.61. The maximum absolute atomic E-state index is 13.4. The number of ether oxygens (including phenoxy) is 1. The highest BCUT2D eigenvalue weighted by molar-refractivity contribution is 7.22. The van der Waals surface area contributed by atoms with Crippen molar-refractivity contribution >= 4 is 67.1 Å². The van der Waals surface area contributed by atoms with E-state index in [1.54, 1.807) is 30.6 Å². The van der Waals surface area contributed by atoms with Gasteiger partial charge in [-0.25, -0.2) is 9.97 Å². The number of imidazole rings is 1. The van der Waals surface area contributed by atoms with Crippen LogP contribution < -0.4 is 9.64 Å². The Kier molecular flexibility index (Phi) is 6.29. The minimum Gasteiger partial charge on any atom is -0.494 e. The lowest BCUT2D eigenvalue weighted by molar-refractivity contribution is 0.0987. The number of carbonyl (C=O) groups excluding carboxylic acids is 1. The summed E-state index contributed by atoms with van der Waals surface area (Å²) in [7, 11) is 1.62. The molecule has 0 saturated heterocycles. The maximum Gasteiger partial charge on any atom is 0.262 e. The first kappa shape index (κ1) is 21.1. The molecule has 0 saturated carbocycles. The zero-order chi connectivity index (χ0) is 21.3. The van der Waals surface area contributed by atoms with Gasteiger partial charge in [-0.05, 0) is 31.0 Å². The second kappa shape index (κ2) is 8.93. The van der Waals surface area contributed by atoms with Gasteiger partial charge in [0, 0.05) is 25.5 Å². The summed E-state index contributed by atoms with van der Waals surface area (Å²) in [5.74, 6) is 0.463.